The molecule has 4 aliphatic rings. The van der Waals surface area contributed by atoms with Crippen molar-refractivity contribution in [2.45, 2.75) is 97.5 Å². The summed E-state index contributed by atoms with van der Waals surface area (Å²) in [4.78, 5) is 11.6. The smallest absolute Gasteiger partial charge is 0.305 e. The van der Waals surface area contributed by atoms with Crippen LogP contribution in [0.1, 0.15) is 91.4 Å². The molecule has 0 radical (unpaired) electrons. The van der Waals surface area contributed by atoms with E-state index in [0.717, 1.165) is 30.6 Å². The summed E-state index contributed by atoms with van der Waals surface area (Å²) in [7, 11) is 1.48. The molecule has 0 aromatic rings. The average Bonchev–Trinajstić information content (AvgIpc) is 3.05. The van der Waals surface area contributed by atoms with E-state index in [9.17, 15) is 9.90 Å². The third kappa shape index (κ3) is 3.06. The molecule has 160 valence electrons. The Morgan fingerprint density at radius 1 is 1.11 bits per heavy atom. The molecule has 3 nitrogen and oxygen atoms in total. The first-order chi connectivity index (χ1) is 13.3. The first kappa shape index (κ1) is 20.7. The zero-order valence-electron chi connectivity index (χ0n) is 18.6. The van der Waals surface area contributed by atoms with E-state index < -0.39 is 0 Å². The summed E-state index contributed by atoms with van der Waals surface area (Å²) in [6, 6.07) is 0. The van der Waals surface area contributed by atoms with E-state index in [1.165, 1.54) is 58.5 Å². The van der Waals surface area contributed by atoms with E-state index in [-0.39, 0.29) is 17.5 Å². The Kier molecular flexibility index (Phi) is 5.61. The Morgan fingerprint density at radius 2 is 1.89 bits per heavy atom. The lowest BCUT2D eigenvalue weighted by Crippen LogP contribution is -2.58. The zero-order chi connectivity index (χ0) is 20.1. The summed E-state index contributed by atoms with van der Waals surface area (Å²) in [6.45, 7) is 7.29. The Labute approximate surface area is 172 Å². The van der Waals surface area contributed by atoms with Crippen molar-refractivity contribution in [3.63, 3.8) is 0 Å². The Morgan fingerprint density at radius 3 is 2.64 bits per heavy atom. The van der Waals surface area contributed by atoms with Crippen LogP contribution in [0.4, 0.5) is 0 Å². The predicted octanol–water partition coefficient (Wildman–Crippen LogP) is 5.60. The maximum atomic E-state index is 11.6. The number of hydrogen-bond donors (Lipinski definition) is 1. The maximum absolute atomic E-state index is 11.6. The van der Waals surface area contributed by atoms with Crippen molar-refractivity contribution in [2.24, 2.45) is 46.3 Å². The molecule has 3 heteroatoms. The quantitative estimate of drug-likeness (QED) is 0.636. The molecule has 0 saturated heterocycles. The van der Waals surface area contributed by atoms with E-state index in [1.807, 2.05) is 0 Å². The van der Waals surface area contributed by atoms with Crippen LogP contribution in [0.25, 0.3) is 0 Å². The van der Waals surface area contributed by atoms with Gasteiger partial charge in [0.15, 0.2) is 0 Å². The van der Waals surface area contributed by atoms with Gasteiger partial charge in [0, 0.05) is 6.42 Å². The molecular weight excluding hydrogens is 348 g/mol. The molecule has 0 bridgehead atoms. The number of ether oxygens (including phenoxy) is 1. The molecule has 0 aromatic heterocycles. The fourth-order valence-electron chi connectivity index (χ4n) is 8.87. The highest BCUT2D eigenvalue weighted by atomic mass is 16.5. The van der Waals surface area contributed by atoms with Gasteiger partial charge in [0.25, 0.3) is 0 Å². The molecule has 0 heterocycles. The van der Waals surface area contributed by atoms with Gasteiger partial charge in [-0.3, -0.25) is 4.79 Å². The molecule has 28 heavy (non-hydrogen) atoms. The lowest BCUT2D eigenvalue weighted by atomic mass is 9.44. The van der Waals surface area contributed by atoms with Crippen molar-refractivity contribution in [1.29, 1.82) is 0 Å². The van der Waals surface area contributed by atoms with Gasteiger partial charge >= 0.3 is 5.97 Å². The van der Waals surface area contributed by atoms with Gasteiger partial charge in [-0.25, -0.2) is 0 Å². The third-order valence-corrected chi connectivity index (χ3v) is 10.5. The fraction of sp³-hybridized carbons (Fsp3) is 0.960. The third-order valence-electron chi connectivity index (χ3n) is 10.5. The lowest BCUT2D eigenvalue weighted by Gasteiger charge is -2.62. The highest BCUT2D eigenvalue weighted by molar-refractivity contribution is 5.69. The van der Waals surface area contributed by atoms with Crippen LogP contribution in [-0.4, -0.2) is 24.3 Å². The molecule has 0 amide bonds. The molecule has 4 rings (SSSR count). The minimum atomic E-state index is -0.177. The van der Waals surface area contributed by atoms with Gasteiger partial charge in [-0.1, -0.05) is 33.6 Å². The molecule has 1 N–H and O–H groups in total. The minimum Gasteiger partial charge on any atom is -0.469 e. The highest BCUT2D eigenvalue weighted by Gasteiger charge is 2.63. The molecule has 0 aromatic carbocycles. The van der Waals surface area contributed by atoms with Crippen molar-refractivity contribution in [2.75, 3.05) is 7.11 Å². The number of carbonyl (C=O) groups excluding carboxylic acids is 1. The normalized spacial score (nSPS) is 48.9. The van der Waals surface area contributed by atoms with Crippen molar-refractivity contribution in [3.05, 3.63) is 0 Å². The summed E-state index contributed by atoms with van der Waals surface area (Å²) in [5, 5.41) is 11.5. The molecule has 4 fully saturated rings. The number of methoxy groups -OCH3 is 1. The SMILES string of the molecule is COC(=O)CC[C@@H](C)[C@H]1CC[C@H]2[C@@H]3CC[C@@H]4CCCC[C@]4(C)[C@H]3C[C@@H](O)[C@]12C. The van der Waals surface area contributed by atoms with Crippen LogP contribution in [-0.2, 0) is 9.53 Å². The summed E-state index contributed by atoms with van der Waals surface area (Å²) in [6.07, 6.45) is 13.2. The van der Waals surface area contributed by atoms with Gasteiger partial charge in [0.2, 0.25) is 0 Å². The number of aliphatic hydroxyl groups is 1. The van der Waals surface area contributed by atoms with Crippen LogP contribution in [0.2, 0.25) is 0 Å². The van der Waals surface area contributed by atoms with Crippen molar-refractivity contribution in [1.82, 2.24) is 0 Å². The van der Waals surface area contributed by atoms with E-state index in [4.69, 9.17) is 4.74 Å². The second kappa shape index (κ2) is 7.60. The second-order valence-corrected chi connectivity index (χ2v) is 11.3. The monoisotopic (exact) mass is 390 g/mol. The highest BCUT2D eigenvalue weighted by Crippen LogP contribution is 2.68. The van der Waals surface area contributed by atoms with Crippen molar-refractivity contribution < 1.29 is 14.6 Å². The van der Waals surface area contributed by atoms with Crippen LogP contribution in [0.3, 0.4) is 0 Å². The number of carbonyl (C=O) groups is 1. The van der Waals surface area contributed by atoms with Crippen molar-refractivity contribution in [3.8, 4) is 0 Å². The molecule has 0 spiro atoms. The van der Waals surface area contributed by atoms with Gasteiger partial charge in [-0.15, -0.1) is 0 Å². The van der Waals surface area contributed by atoms with Crippen molar-refractivity contribution >= 4 is 5.97 Å². The molecular formula is C25H42O3. The number of rotatable bonds is 4. The van der Waals surface area contributed by atoms with Gasteiger partial charge in [0.1, 0.15) is 0 Å². The average molecular weight is 391 g/mol. The van der Waals surface area contributed by atoms with Crippen LogP contribution < -0.4 is 0 Å². The molecule has 4 saturated carbocycles. The maximum Gasteiger partial charge on any atom is 0.305 e. The number of hydrogen-bond acceptors (Lipinski definition) is 3. The van der Waals surface area contributed by atoms with E-state index in [1.54, 1.807) is 0 Å². The molecule has 0 aliphatic heterocycles. The van der Waals surface area contributed by atoms with Crippen LogP contribution in [0.15, 0.2) is 0 Å². The van der Waals surface area contributed by atoms with Crippen LogP contribution in [0.5, 0.6) is 0 Å². The summed E-state index contributed by atoms with van der Waals surface area (Å²) in [5.41, 5.74) is 0.507. The second-order valence-electron chi connectivity index (χ2n) is 11.3. The zero-order valence-corrected chi connectivity index (χ0v) is 18.6. The van der Waals surface area contributed by atoms with Crippen LogP contribution in [0, 0.1) is 46.3 Å². The largest absolute Gasteiger partial charge is 0.469 e. The Bertz CT molecular complexity index is 588. The Balaban J connectivity index is 1.54. The molecule has 4 aliphatic carbocycles. The molecule has 0 unspecified atom stereocenters. The topological polar surface area (TPSA) is 46.5 Å². The number of esters is 1. The summed E-state index contributed by atoms with van der Waals surface area (Å²) < 4.78 is 4.86. The van der Waals surface area contributed by atoms with Gasteiger partial charge in [0.05, 0.1) is 13.2 Å². The standard InChI is InChI=1S/C25H42O3/c1-16(8-13-23(27)28-4)19-11-12-20-18-10-9-17-7-5-6-14-24(17,2)21(18)15-22(26)25(19,20)3/h16-22,26H,5-15H2,1-4H3/t16-,17+,18+,19-,20+,21+,22-,24+,25-/m1/s1. The van der Waals surface area contributed by atoms with E-state index in [2.05, 4.69) is 20.8 Å². The first-order valence-corrected chi connectivity index (χ1v) is 12.1. The van der Waals surface area contributed by atoms with Gasteiger partial charge in [-0.2, -0.15) is 0 Å². The van der Waals surface area contributed by atoms with Crippen LogP contribution >= 0.6 is 0 Å². The Hall–Kier alpha value is -0.570. The van der Waals surface area contributed by atoms with E-state index in [0.29, 0.717) is 29.6 Å². The lowest BCUT2D eigenvalue weighted by molar-refractivity contribution is -0.168. The summed E-state index contributed by atoms with van der Waals surface area (Å²) in [5.74, 6) is 4.02. The number of fused-ring (bicyclic) bond motifs is 5. The van der Waals surface area contributed by atoms with Gasteiger partial charge in [-0.05, 0) is 97.7 Å². The number of aliphatic hydroxyl groups excluding tert-OH is 1. The molecule has 9 atom stereocenters. The minimum absolute atomic E-state index is 0.0363. The first-order valence-electron chi connectivity index (χ1n) is 12.1. The predicted molar refractivity (Wildman–Crippen MR) is 112 cm³/mol. The summed E-state index contributed by atoms with van der Waals surface area (Å²) >= 11 is 0. The fourth-order valence-corrected chi connectivity index (χ4v) is 8.87. The van der Waals surface area contributed by atoms with E-state index >= 15 is 0 Å². The van der Waals surface area contributed by atoms with Gasteiger partial charge < -0.3 is 9.84 Å².